The van der Waals surface area contributed by atoms with Crippen molar-refractivity contribution in [2.75, 3.05) is 0 Å². The van der Waals surface area contributed by atoms with Crippen LogP contribution in [0.1, 0.15) is 51.0 Å². The van der Waals surface area contributed by atoms with Crippen molar-refractivity contribution in [3.8, 4) is 11.4 Å². The highest BCUT2D eigenvalue weighted by atomic mass is 16.2. The number of hydrogen-bond donors (Lipinski definition) is 1. The highest BCUT2D eigenvalue weighted by molar-refractivity contribution is 5.76. The van der Waals surface area contributed by atoms with Crippen LogP contribution in [0.25, 0.3) is 11.4 Å². The Morgan fingerprint density at radius 3 is 2.46 bits per heavy atom. The molecule has 4 saturated carbocycles. The molecule has 6 nitrogen and oxygen atoms in total. The van der Waals surface area contributed by atoms with E-state index in [2.05, 4.69) is 27.7 Å². The summed E-state index contributed by atoms with van der Waals surface area (Å²) < 4.78 is 0. The molecule has 4 bridgehead atoms. The van der Waals surface area contributed by atoms with Crippen molar-refractivity contribution in [3.05, 3.63) is 29.8 Å². The van der Waals surface area contributed by atoms with Crippen molar-refractivity contribution in [2.24, 2.45) is 23.2 Å². The Hall–Kier alpha value is -2.24. The largest absolute Gasteiger partial charge is 0.351 e. The molecule has 0 radical (unpaired) electrons. The minimum absolute atomic E-state index is 0.0167. The molecule has 4 fully saturated rings. The van der Waals surface area contributed by atoms with Crippen molar-refractivity contribution < 1.29 is 4.79 Å². The normalized spacial score (nSPS) is 31.7. The number of carbonyl (C=O) groups excluding carboxylic acids is 1. The second-order valence-corrected chi connectivity index (χ2v) is 9.53. The molecule has 2 aromatic rings. The Morgan fingerprint density at radius 2 is 1.82 bits per heavy atom. The lowest BCUT2D eigenvalue weighted by molar-refractivity contribution is -0.126. The highest BCUT2D eigenvalue weighted by Crippen LogP contribution is 2.61. The maximum Gasteiger partial charge on any atom is 0.243 e. The summed E-state index contributed by atoms with van der Waals surface area (Å²) in [6.45, 7) is 4.35. The van der Waals surface area contributed by atoms with E-state index in [1.54, 1.807) is 0 Å². The van der Waals surface area contributed by atoms with Crippen molar-refractivity contribution in [1.29, 1.82) is 0 Å². The predicted octanol–water partition coefficient (Wildman–Crippen LogP) is 3.37. The molecule has 4 aliphatic rings. The van der Waals surface area contributed by atoms with E-state index in [0.29, 0.717) is 11.2 Å². The number of aromatic nitrogens is 4. The second kappa shape index (κ2) is 6.68. The third kappa shape index (κ3) is 3.12. The zero-order chi connectivity index (χ0) is 19.3. The van der Waals surface area contributed by atoms with E-state index >= 15 is 0 Å². The smallest absolute Gasteiger partial charge is 0.243 e. The van der Waals surface area contributed by atoms with Gasteiger partial charge in [-0.1, -0.05) is 24.3 Å². The minimum Gasteiger partial charge on any atom is -0.351 e. The van der Waals surface area contributed by atoms with Gasteiger partial charge in [0.1, 0.15) is 6.54 Å². The van der Waals surface area contributed by atoms with Gasteiger partial charge in [0, 0.05) is 11.6 Å². The summed E-state index contributed by atoms with van der Waals surface area (Å²) in [6, 6.07) is 8.17. The molecule has 0 spiro atoms. The van der Waals surface area contributed by atoms with Crippen molar-refractivity contribution >= 4 is 5.91 Å². The number of nitrogens with one attached hydrogen (secondary N) is 1. The molecule has 1 heterocycles. The Morgan fingerprint density at radius 1 is 1.18 bits per heavy atom. The van der Waals surface area contributed by atoms with Crippen LogP contribution >= 0.6 is 0 Å². The summed E-state index contributed by atoms with van der Waals surface area (Å²) in [5.41, 5.74) is 2.37. The third-order valence-electron chi connectivity index (χ3n) is 7.51. The molecule has 148 valence electrons. The molecule has 1 atom stereocenters. The van der Waals surface area contributed by atoms with Crippen LogP contribution in [-0.2, 0) is 11.3 Å². The molecule has 28 heavy (non-hydrogen) atoms. The first-order valence-corrected chi connectivity index (χ1v) is 10.6. The molecule has 1 unspecified atom stereocenters. The lowest BCUT2D eigenvalue weighted by Gasteiger charge is -2.59. The Labute approximate surface area is 166 Å². The number of aryl methyl sites for hydroxylation is 1. The fourth-order valence-electron chi connectivity index (χ4n) is 6.52. The molecule has 1 N–H and O–H groups in total. The van der Waals surface area contributed by atoms with Gasteiger partial charge in [0.15, 0.2) is 0 Å². The molecule has 0 aliphatic heterocycles. The molecule has 6 rings (SSSR count). The molecule has 1 aromatic heterocycles. The van der Waals surface area contributed by atoms with Gasteiger partial charge < -0.3 is 5.32 Å². The molecule has 1 aromatic carbocycles. The maximum absolute atomic E-state index is 12.7. The van der Waals surface area contributed by atoms with E-state index in [9.17, 15) is 4.79 Å². The van der Waals surface area contributed by atoms with E-state index in [-0.39, 0.29) is 18.5 Å². The highest BCUT2D eigenvalue weighted by Gasteiger charge is 2.53. The maximum atomic E-state index is 12.7. The SMILES string of the molecule is Cc1ccccc1-c1nnn(CC(=O)NC(C)C23CC4CC(CC(C4)C2)C3)n1. The lowest BCUT2D eigenvalue weighted by atomic mass is 9.48. The fraction of sp³-hybridized carbons (Fsp3) is 0.636. The first kappa shape index (κ1) is 17.8. The van der Waals surface area contributed by atoms with Crippen LogP contribution in [0.3, 0.4) is 0 Å². The zero-order valence-electron chi connectivity index (χ0n) is 16.8. The van der Waals surface area contributed by atoms with Crippen LogP contribution in [-0.4, -0.2) is 32.2 Å². The molecule has 4 aliphatic carbocycles. The van der Waals surface area contributed by atoms with Crippen LogP contribution in [0.2, 0.25) is 0 Å². The molecule has 0 saturated heterocycles. The van der Waals surface area contributed by atoms with Gasteiger partial charge in [-0.2, -0.15) is 4.80 Å². The first-order valence-electron chi connectivity index (χ1n) is 10.6. The van der Waals surface area contributed by atoms with Gasteiger partial charge in [0.05, 0.1) is 0 Å². The topological polar surface area (TPSA) is 72.7 Å². The number of rotatable bonds is 5. The number of hydrogen-bond acceptors (Lipinski definition) is 4. The Kier molecular flexibility index (Phi) is 4.25. The van der Waals surface area contributed by atoms with Crippen LogP contribution in [0.5, 0.6) is 0 Å². The zero-order valence-corrected chi connectivity index (χ0v) is 16.8. The lowest BCUT2D eigenvalue weighted by Crippen LogP contribution is -2.56. The van der Waals surface area contributed by atoms with Crippen molar-refractivity contribution in [3.63, 3.8) is 0 Å². The second-order valence-electron chi connectivity index (χ2n) is 9.53. The Bertz CT molecular complexity index is 853. The number of amides is 1. The summed E-state index contributed by atoms with van der Waals surface area (Å²) in [5.74, 6) is 3.22. The number of benzene rings is 1. The van der Waals surface area contributed by atoms with Crippen LogP contribution in [0.4, 0.5) is 0 Å². The van der Waals surface area contributed by atoms with Gasteiger partial charge in [-0.15, -0.1) is 10.2 Å². The van der Waals surface area contributed by atoms with E-state index < -0.39 is 0 Å². The van der Waals surface area contributed by atoms with Crippen molar-refractivity contribution in [1.82, 2.24) is 25.5 Å². The average Bonchev–Trinajstić information content (AvgIpc) is 3.09. The van der Waals surface area contributed by atoms with Gasteiger partial charge in [0.2, 0.25) is 11.7 Å². The third-order valence-corrected chi connectivity index (χ3v) is 7.51. The number of tetrazole rings is 1. The molecule has 1 amide bonds. The van der Waals surface area contributed by atoms with E-state index in [1.165, 1.54) is 43.3 Å². The van der Waals surface area contributed by atoms with Crippen LogP contribution in [0.15, 0.2) is 24.3 Å². The van der Waals surface area contributed by atoms with E-state index in [0.717, 1.165) is 28.9 Å². The van der Waals surface area contributed by atoms with Crippen LogP contribution in [0, 0.1) is 30.1 Å². The monoisotopic (exact) mass is 379 g/mol. The quantitative estimate of drug-likeness (QED) is 0.864. The summed E-state index contributed by atoms with van der Waals surface area (Å²) in [6.07, 6.45) is 8.14. The summed E-state index contributed by atoms with van der Waals surface area (Å²) >= 11 is 0. The van der Waals surface area contributed by atoms with Crippen molar-refractivity contribution in [2.45, 2.75) is 65.0 Å². The summed E-state index contributed by atoms with van der Waals surface area (Å²) in [4.78, 5) is 14.1. The van der Waals surface area contributed by atoms with Gasteiger partial charge in [-0.05, 0) is 86.3 Å². The van der Waals surface area contributed by atoms with Gasteiger partial charge in [-0.3, -0.25) is 4.79 Å². The summed E-state index contributed by atoms with van der Waals surface area (Å²) in [7, 11) is 0. The number of nitrogens with zero attached hydrogens (tertiary/aromatic N) is 4. The molecular weight excluding hydrogens is 350 g/mol. The molecular formula is C22H29N5O. The summed E-state index contributed by atoms with van der Waals surface area (Å²) in [5, 5.41) is 15.9. The predicted molar refractivity (Wildman–Crippen MR) is 106 cm³/mol. The Balaban J connectivity index is 1.24. The van der Waals surface area contributed by atoms with Gasteiger partial charge >= 0.3 is 0 Å². The number of carbonyl (C=O) groups is 1. The van der Waals surface area contributed by atoms with E-state index in [1.807, 2.05) is 31.2 Å². The van der Waals surface area contributed by atoms with Gasteiger partial charge in [-0.25, -0.2) is 0 Å². The van der Waals surface area contributed by atoms with Crippen LogP contribution < -0.4 is 5.32 Å². The first-order chi connectivity index (χ1) is 13.5. The minimum atomic E-state index is -0.0167. The average molecular weight is 380 g/mol. The van der Waals surface area contributed by atoms with Gasteiger partial charge in [0.25, 0.3) is 0 Å². The standard InChI is InChI=1S/C22H29N5O/c1-14-5-3-4-6-19(14)21-24-26-27(25-21)13-20(28)23-15(2)22-10-16-7-17(11-22)9-18(8-16)12-22/h3-6,15-18H,7-13H2,1-2H3,(H,23,28). The fourth-order valence-corrected chi connectivity index (χ4v) is 6.52. The molecule has 6 heteroatoms. The van der Waals surface area contributed by atoms with E-state index in [4.69, 9.17) is 0 Å².